The Morgan fingerprint density at radius 2 is 1.70 bits per heavy atom. The average Bonchev–Trinajstić information content (AvgIpc) is 3.53. The highest BCUT2D eigenvalue weighted by molar-refractivity contribution is 5.94. The van der Waals surface area contributed by atoms with E-state index in [1.54, 1.807) is 24.3 Å². The lowest BCUT2D eigenvalue weighted by Gasteiger charge is -2.09. The summed E-state index contributed by atoms with van der Waals surface area (Å²) in [6, 6.07) is 16.3. The van der Waals surface area contributed by atoms with Crippen molar-refractivity contribution in [1.82, 2.24) is 10.6 Å². The molecule has 0 aromatic heterocycles. The highest BCUT2D eigenvalue weighted by Gasteiger charge is 2.29. The van der Waals surface area contributed by atoms with Crippen LogP contribution in [0.4, 0.5) is 5.69 Å². The molecule has 0 atom stereocenters. The van der Waals surface area contributed by atoms with Crippen LogP contribution in [-0.2, 0) is 16.1 Å². The predicted octanol–water partition coefficient (Wildman–Crippen LogP) is 2.47. The van der Waals surface area contributed by atoms with E-state index in [1.807, 2.05) is 30.3 Å². The highest BCUT2D eigenvalue weighted by Crippen LogP contribution is 2.30. The minimum atomic E-state index is -0.192. The normalized spacial score (nSPS) is 12.9. The first-order valence-corrected chi connectivity index (χ1v) is 9.11. The molecule has 3 rings (SSSR count). The first-order chi connectivity index (χ1) is 13.1. The molecule has 0 unspecified atom stereocenters. The lowest BCUT2D eigenvalue weighted by molar-refractivity contribution is -0.121. The molecule has 2 aromatic rings. The van der Waals surface area contributed by atoms with Crippen LogP contribution in [0.1, 0.15) is 35.2 Å². The van der Waals surface area contributed by atoms with E-state index < -0.39 is 0 Å². The molecule has 0 bridgehead atoms. The summed E-state index contributed by atoms with van der Waals surface area (Å²) in [5.41, 5.74) is 2.22. The minimum Gasteiger partial charge on any atom is -0.352 e. The zero-order valence-electron chi connectivity index (χ0n) is 15.0. The van der Waals surface area contributed by atoms with Gasteiger partial charge in [0.15, 0.2) is 0 Å². The summed E-state index contributed by atoms with van der Waals surface area (Å²) in [7, 11) is 0. The van der Waals surface area contributed by atoms with Crippen LogP contribution >= 0.6 is 0 Å². The monoisotopic (exact) mass is 365 g/mol. The molecule has 0 spiro atoms. The molecule has 6 nitrogen and oxygen atoms in total. The number of rotatable bonds is 8. The summed E-state index contributed by atoms with van der Waals surface area (Å²) in [6.45, 7) is 0.648. The Hall–Kier alpha value is -3.15. The Bertz CT molecular complexity index is 816. The van der Waals surface area contributed by atoms with Crippen LogP contribution in [-0.4, -0.2) is 24.3 Å². The van der Waals surface area contributed by atoms with Gasteiger partial charge in [-0.2, -0.15) is 0 Å². The van der Waals surface area contributed by atoms with Crippen LogP contribution in [0.2, 0.25) is 0 Å². The number of carbonyl (C=O) groups excluding carboxylic acids is 3. The van der Waals surface area contributed by atoms with Crippen molar-refractivity contribution in [2.24, 2.45) is 5.92 Å². The van der Waals surface area contributed by atoms with Gasteiger partial charge < -0.3 is 16.0 Å². The van der Waals surface area contributed by atoms with Crippen LogP contribution < -0.4 is 16.0 Å². The maximum atomic E-state index is 12.0. The zero-order valence-corrected chi connectivity index (χ0v) is 15.0. The molecular weight excluding hydrogens is 342 g/mol. The Labute approximate surface area is 158 Å². The van der Waals surface area contributed by atoms with Gasteiger partial charge in [0.1, 0.15) is 0 Å². The molecule has 6 heteroatoms. The molecule has 0 aliphatic heterocycles. The number of benzene rings is 2. The Balaban J connectivity index is 1.38. The van der Waals surface area contributed by atoms with Gasteiger partial charge in [0.25, 0.3) is 5.91 Å². The van der Waals surface area contributed by atoms with Gasteiger partial charge in [-0.3, -0.25) is 14.4 Å². The van der Waals surface area contributed by atoms with E-state index in [0.29, 0.717) is 12.1 Å². The maximum absolute atomic E-state index is 12.0. The van der Waals surface area contributed by atoms with E-state index in [-0.39, 0.29) is 36.6 Å². The van der Waals surface area contributed by atoms with Crippen LogP contribution in [0.3, 0.4) is 0 Å². The SMILES string of the molecule is O=C(CCNC(=O)c1ccccc1)NCc1cccc(NC(=O)C2CC2)c1. The second-order valence-electron chi connectivity index (χ2n) is 6.61. The molecule has 1 aliphatic carbocycles. The van der Waals surface area contributed by atoms with Crippen molar-refractivity contribution in [1.29, 1.82) is 0 Å². The number of carbonyl (C=O) groups is 3. The Kier molecular flexibility index (Phi) is 6.20. The number of hydrogen-bond acceptors (Lipinski definition) is 3. The molecular formula is C21H23N3O3. The first kappa shape index (κ1) is 18.6. The lowest BCUT2D eigenvalue weighted by atomic mass is 10.2. The Morgan fingerprint density at radius 3 is 2.44 bits per heavy atom. The van der Waals surface area contributed by atoms with E-state index >= 15 is 0 Å². The molecule has 0 radical (unpaired) electrons. The second kappa shape index (κ2) is 8.98. The topological polar surface area (TPSA) is 87.3 Å². The van der Waals surface area contributed by atoms with Crippen LogP contribution in [0.5, 0.6) is 0 Å². The smallest absolute Gasteiger partial charge is 0.251 e. The molecule has 1 aliphatic rings. The van der Waals surface area contributed by atoms with Gasteiger partial charge >= 0.3 is 0 Å². The minimum absolute atomic E-state index is 0.0605. The lowest BCUT2D eigenvalue weighted by Crippen LogP contribution is -2.30. The maximum Gasteiger partial charge on any atom is 0.251 e. The van der Waals surface area contributed by atoms with Gasteiger partial charge in [0, 0.05) is 36.7 Å². The molecule has 3 amide bonds. The predicted molar refractivity (Wildman–Crippen MR) is 103 cm³/mol. The van der Waals surface area contributed by atoms with Crippen molar-refractivity contribution in [3.63, 3.8) is 0 Å². The van der Waals surface area contributed by atoms with Gasteiger partial charge in [-0.15, -0.1) is 0 Å². The van der Waals surface area contributed by atoms with Crippen LogP contribution in [0.15, 0.2) is 54.6 Å². The number of hydrogen-bond donors (Lipinski definition) is 3. The zero-order chi connectivity index (χ0) is 19.1. The van der Waals surface area contributed by atoms with Crippen LogP contribution in [0.25, 0.3) is 0 Å². The molecule has 27 heavy (non-hydrogen) atoms. The summed E-state index contributed by atoms with van der Waals surface area (Å²) in [5, 5.41) is 8.45. The summed E-state index contributed by atoms with van der Waals surface area (Å²) >= 11 is 0. The molecule has 140 valence electrons. The molecule has 0 saturated heterocycles. The average molecular weight is 365 g/mol. The third-order valence-corrected chi connectivity index (χ3v) is 4.31. The van der Waals surface area contributed by atoms with Crippen LogP contribution in [0, 0.1) is 5.92 Å². The van der Waals surface area contributed by atoms with Gasteiger partial charge in [-0.25, -0.2) is 0 Å². The molecule has 0 heterocycles. The number of amides is 3. The van der Waals surface area contributed by atoms with E-state index in [9.17, 15) is 14.4 Å². The van der Waals surface area contributed by atoms with Crippen molar-refractivity contribution < 1.29 is 14.4 Å². The first-order valence-electron chi connectivity index (χ1n) is 9.11. The van der Waals surface area contributed by atoms with Crippen molar-refractivity contribution in [2.45, 2.75) is 25.8 Å². The van der Waals surface area contributed by atoms with Gasteiger partial charge in [0.05, 0.1) is 0 Å². The standard InChI is InChI=1S/C21H23N3O3/c25-19(11-12-22-20(26)16-6-2-1-3-7-16)23-14-15-5-4-8-18(13-15)24-21(27)17-9-10-17/h1-8,13,17H,9-12,14H2,(H,22,26)(H,23,25)(H,24,27). The van der Waals surface area contributed by atoms with Gasteiger partial charge in [0.2, 0.25) is 11.8 Å². The summed E-state index contributed by atoms with van der Waals surface area (Å²) in [6.07, 6.45) is 2.13. The van der Waals surface area contributed by atoms with Crippen molar-refractivity contribution in [2.75, 3.05) is 11.9 Å². The van der Waals surface area contributed by atoms with Crippen molar-refractivity contribution in [3.8, 4) is 0 Å². The van der Waals surface area contributed by atoms with E-state index in [4.69, 9.17) is 0 Å². The van der Waals surface area contributed by atoms with E-state index in [0.717, 1.165) is 24.1 Å². The third-order valence-electron chi connectivity index (χ3n) is 4.31. The van der Waals surface area contributed by atoms with E-state index in [1.165, 1.54) is 0 Å². The summed E-state index contributed by atoms with van der Waals surface area (Å²) in [4.78, 5) is 35.7. The fourth-order valence-electron chi connectivity index (χ4n) is 2.62. The summed E-state index contributed by atoms with van der Waals surface area (Å²) < 4.78 is 0. The molecule has 1 saturated carbocycles. The molecule has 3 N–H and O–H groups in total. The fraction of sp³-hybridized carbons (Fsp3) is 0.286. The van der Waals surface area contributed by atoms with Crippen molar-refractivity contribution in [3.05, 3.63) is 65.7 Å². The third kappa shape index (κ3) is 5.95. The quantitative estimate of drug-likeness (QED) is 0.672. The van der Waals surface area contributed by atoms with E-state index in [2.05, 4.69) is 16.0 Å². The van der Waals surface area contributed by atoms with Gasteiger partial charge in [-0.1, -0.05) is 30.3 Å². The number of nitrogens with one attached hydrogen (secondary N) is 3. The molecule has 2 aromatic carbocycles. The summed E-state index contributed by atoms with van der Waals surface area (Å²) in [5.74, 6) is -0.122. The van der Waals surface area contributed by atoms with Gasteiger partial charge in [-0.05, 0) is 42.7 Å². The largest absolute Gasteiger partial charge is 0.352 e. The molecule has 1 fully saturated rings. The second-order valence-corrected chi connectivity index (χ2v) is 6.61. The van der Waals surface area contributed by atoms with Crippen molar-refractivity contribution >= 4 is 23.4 Å². The Morgan fingerprint density at radius 1 is 0.926 bits per heavy atom. The fourth-order valence-corrected chi connectivity index (χ4v) is 2.62. The number of anilines is 1. The highest BCUT2D eigenvalue weighted by atomic mass is 16.2.